The minimum Gasteiger partial charge on any atom is -0.357 e. The summed E-state index contributed by atoms with van der Waals surface area (Å²) in [5.41, 5.74) is -0.186. The molecule has 0 atom stereocenters. The van der Waals surface area contributed by atoms with Crippen LogP contribution in [0.4, 0.5) is 17.5 Å². The van der Waals surface area contributed by atoms with E-state index in [9.17, 15) is 10.1 Å². The lowest BCUT2D eigenvalue weighted by atomic mass is 10.4. The molecule has 0 radical (unpaired) electrons. The average molecular weight is 278 g/mol. The largest absolute Gasteiger partial charge is 0.357 e. The summed E-state index contributed by atoms with van der Waals surface area (Å²) in [5.74, 6) is 1.12. The molecule has 0 saturated carbocycles. The zero-order chi connectivity index (χ0) is 14.5. The molecule has 10 heteroatoms. The van der Waals surface area contributed by atoms with Crippen molar-refractivity contribution in [3.05, 3.63) is 28.5 Å². The van der Waals surface area contributed by atoms with Crippen molar-refractivity contribution < 1.29 is 4.92 Å². The molecule has 0 aliphatic carbocycles. The van der Waals surface area contributed by atoms with Crippen LogP contribution in [-0.4, -0.2) is 36.2 Å². The minimum atomic E-state index is -0.533. The SMILES string of the molecule is CCNc1ncc([N+](=O)[O-])c(NCc2nncn2C)n1. The molecule has 20 heavy (non-hydrogen) atoms. The summed E-state index contributed by atoms with van der Waals surface area (Å²) in [7, 11) is 1.79. The van der Waals surface area contributed by atoms with Crippen LogP contribution in [-0.2, 0) is 13.6 Å². The Morgan fingerprint density at radius 1 is 1.45 bits per heavy atom. The molecule has 2 aromatic rings. The molecular weight excluding hydrogens is 264 g/mol. The average Bonchev–Trinajstić information content (AvgIpc) is 2.82. The number of aromatic nitrogens is 5. The third kappa shape index (κ3) is 2.96. The highest BCUT2D eigenvalue weighted by Crippen LogP contribution is 2.22. The summed E-state index contributed by atoms with van der Waals surface area (Å²) in [4.78, 5) is 18.4. The molecule has 2 rings (SSSR count). The van der Waals surface area contributed by atoms with Crippen LogP contribution in [0.3, 0.4) is 0 Å². The van der Waals surface area contributed by atoms with Gasteiger partial charge in [-0.25, -0.2) is 4.98 Å². The van der Waals surface area contributed by atoms with Crippen molar-refractivity contribution in [1.82, 2.24) is 24.7 Å². The normalized spacial score (nSPS) is 10.3. The maximum atomic E-state index is 11.0. The predicted octanol–water partition coefficient (Wildman–Crippen LogP) is 0.557. The van der Waals surface area contributed by atoms with Crippen LogP contribution in [0, 0.1) is 10.1 Å². The van der Waals surface area contributed by atoms with Crippen LogP contribution in [0.2, 0.25) is 0 Å². The predicted molar refractivity (Wildman–Crippen MR) is 71.2 cm³/mol. The van der Waals surface area contributed by atoms with Crippen LogP contribution >= 0.6 is 0 Å². The van der Waals surface area contributed by atoms with Crippen LogP contribution in [0.1, 0.15) is 12.7 Å². The molecule has 0 amide bonds. The molecule has 0 fully saturated rings. The highest BCUT2D eigenvalue weighted by atomic mass is 16.6. The van der Waals surface area contributed by atoms with Gasteiger partial charge in [-0.1, -0.05) is 0 Å². The number of hydrogen-bond acceptors (Lipinski definition) is 8. The van der Waals surface area contributed by atoms with Gasteiger partial charge in [-0.2, -0.15) is 4.98 Å². The molecule has 2 aromatic heterocycles. The van der Waals surface area contributed by atoms with Crippen LogP contribution in [0.5, 0.6) is 0 Å². The second-order valence-electron chi connectivity index (χ2n) is 3.93. The van der Waals surface area contributed by atoms with Gasteiger partial charge in [0.2, 0.25) is 11.8 Å². The van der Waals surface area contributed by atoms with Gasteiger partial charge in [0.05, 0.1) is 11.5 Å². The quantitative estimate of drug-likeness (QED) is 0.580. The topological polar surface area (TPSA) is 124 Å². The van der Waals surface area contributed by atoms with Crippen molar-refractivity contribution in [2.45, 2.75) is 13.5 Å². The first-order chi connectivity index (χ1) is 9.61. The van der Waals surface area contributed by atoms with Crippen LogP contribution < -0.4 is 10.6 Å². The summed E-state index contributed by atoms with van der Waals surface area (Å²) in [6, 6.07) is 0. The zero-order valence-corrected chi connectivity index (χ0v) is 11.1. The number of aryl methyl sites for hydroxylation is 1. The molecule has 0 spiro atoms. The van der Waals surface area contributed by atoms with Gasteiger partial charge >= 0.3 is 5.69 Å². The van der Waals surface area contributed by atoms with E-state index in [1.54, 1.807) is 17.9 Å². The van der Waals surface area contributed by atoms with Crippen LogP contribution in [0.25, 0.3) is 0 Å². The molecule has 0 bridgehead atoms. The Labute approximate surface area is 114 Å². The van der Waals surface area contributed by atoms with E-state index in [-0.39, 0.29) is 18.1 Å². The fraction of sp³-hybridized carbons (Fsp3) is 0.400. The van der Waals surface area contributed by atoms with Gasteiger partial charge in [0.15, 0.2) is 5.82 Å². The van der Waals surface area contributed by atoms with E-state index in [1.807, 2.05) is 6.92 Å². The number of nitrogens with one attached hydrogen (secondary N) is 2. The molecule has 0 aromatic carbocycles. The molecule has 0 aliphatic rings. The smallest absolute Gasteiger partial charge is 0.329 e. The standard InChI is InChI=1S/C10H14N8O2/c1-3-11-10-13-4-7(18(19)20)9(15-10)12-5-8-16-14-6-17(8)2/h4,6H,3,5H2,1-2H3,(H2,11,12,13,15). The highest BCUT2D eigenvalue weighted by molar-refractivity contribution is 5.56. The summed E-state index contributed by atoms with van der Waals surface area (Å²) in [5, 5.41) is 24.4. The first-order valence-corrected chi connectivity index (χ1v) is 5.94. The van der Waals surface area contributed by atoms with Gasteiger partial charge in [-0.15, -0.1) is 10.2 Å². The maximum Gasteiger partial charge on any atom is 0.329 e. The Bertz CT molecular complexity index is 611. The highest BCUT2D eigenvalue weighted by Gasteiger charge is 2.17. The summed E-state index contributed by atoms with van der Waals surface area (Å²) < 4.78 is 1.71. The molecular formula is C10H14N8O2. The van der Waals surface area contributed by atoms with Gasteiger partial charge < -0.3 is 15.2 Å². The van der Waals surface area contributed by atoms with E-state index < -0.39 is 4.92 Å². The summed E-state index contributed by atoms with van der Waals surface area (Å²) in [6.07, 6.45) is 2.72. The summed E-state index contributed by atoms with van der Waals surface area (Å²) in [6.45, 7) is 2.79. The van der Waals surface area contributed by atoms with Crippen molar-refractivity contribution in [2.24, 2.45) is 7.05 Å². The van der Waals surface area contributed by atoms with Crippen LogP contribution in [0.15, 0.2) is 12.5 Å². The van der Waals surface area contributed by atoms with Crippen molar-refractivity contribution >= 4 is 17.5 Å². The minimum absolute atomic E-state index is 0.143. The molecule has 0 aliphatic heterocycles. The number of rotatable bonds is 6. The fourth-order valence-electron chi connectivity index (χ4n) is 1.51. The number of nitrogens with zero attached hydrogens (tertiary/aromatic N) is 6. The van der Waals surface area contributed by atoms with Gasteiger partial charge in [0.25, 0.3) is 0 Å². The Morgan fingerprint density at radius 3 is 2.85 bits per heavy atom. The van der Waals surface area contributed by atoms with E-state index >= 15 is 0 Å². The first-order valence-electron chi connectivity index (χ1n) is 5.94. The Balaban J connectivity index is 2.21. The first kappa shape index (κ1) is 13.6. The summed E-state index contributed by atoms with van der Waals surface area (Å²) >= 11 is 0. The lowest BCUT2D eigenvalue weighted by Gasteiger charge is -2.07. The lowest BCUT2D eigenvalue weighted by Crippen LogP contribution is -2.11. The number of anilines is 2. The van der Waals surface area contributed by atoms with Gasteiger partial charge in [-0.3, -0.25) is 10.1 Å². The lowest BCUT2D eigenvalue weighted by molar-refractivity contribution is -0.384. The third-order valence-corrected chi connectivity index (χ3v) is 2.52. The van der Waals surface area contributed by atoms with Gasteiger partial charge in [0.1, 0.15) is 12.5 Å². The number of hydrogen-bond donors (Lipinski definition) is 2. The third-order valence-electron chi connectivity index (χ3n) is 2.52. The zero-order valence-electron chi connectivity index (χ0n) is 11.1. The van der Waals surface area contributed by atoms with Crippen molar-refractivity contribution in [2.75, 3.05) is 17.2 Å². The Hall–Kier alpha value is -2.78. The van der Waals surface area contributed by atoms with E-state index in [0.717, 1.165) is 0 Å². The molecule has 106 valence electrons. The molecule has 0 saturated heterocycles. The van der Waals surface area contributed by atoms with E-state index in [4.69, 9.17) is 0 Å². The Morgan fingerprint density at radius 2 is 2.25 bits per heavy atom. The van der Waals surface area contributed by atoms with Crippen molar-refractivity contribution in [1.29, 1.82) is 0 Å². The monoisotopic (exact) mass is 278 g/mol. The second-order valence-corrected chi connectivity index (χ2v) is 3.93. The van der Waals surface area contributed by atoms with E-state index in [2.05, 4.69) is 30.8 Å². The fourth-order valence-corrected chi connectivity index (χ4v) is 1.51. The van der Waals surface area contributed by atoms with Crippen molar-refractivity contribution in [3.63, 3.8) is 0 Å². The van der Waals surface area contributed by atoms with Gasteiger partial charge in [-0.05, 0) is 6.92 Å². The van der Waals surface area contributed by atoms with E-state index in [0.29, 0.717) is 18.3 Å². The second kappa shape index (κ2) is 5.91. The molecule has 2 heterocycles. The molecule has 2 N–H and O–H groups in total. The molecule has 0 unspecified atom stereocenters. The van der Waals surface area contributed by atoms with E-state index in [1.165, 1.54) is 6.20 Å². The Kier molecular flexibility index (Phi) is 4.03. The number of nitro groups is 1. The maximum absolute atomic E-state index is 11.0. The van der Waals surface area contributed by atoms with Gasteiger partial charge in [0, 0.05) is 13.6 Å². The van der Waals surface area contributed by atoms with Crippen molar-refractivity contribution in [3.8, 4) is 0 Å². The molecule has 10 nitrogen and oxygen atoms in total.